The molecule has 1 aromatic carbocycles. The third-order valence-corrected chi connectivity index (χ3v) is 2.27. The van der Waals surface area contributed by atoms with Crippen molar-refractivity contribution in [3.8, 4) is 5.75 Å². The van der Waals surface area contributed by atoms with Gasteiger partial charge in [-0.15, -0.1) is 0 Å². The lowest BCUT2D eigenvalue weighted by molar-refractivity contribution is -0.145. The highest BCUT2D eigenvalue weighted by Gasteiger charge is 2.17. The summed E-state index contributed by atoms with van der Waals surface area (Å²) >= 11 is 0. The molecular weight excluding hydrogens is 220 g/mol. The molecule has 5 nitrogen and oxygen atoms in total. The summed E-state index contributed by atoms with van der Waals surface area (Å²) in [5, 5.41) is 16.2. The minimum Gasteiger partial charge on any atom is -0.479 e. The van der Waals surface area contributed by atoms with Gasteiger partial charge in [0.25, 0.3) is 0 Å². The number of carboxylic acids is 1. The monoisotopic (exact) mass is 236 g/mol. The number of carbonyl (C=O) groups is 1. The molecule has 0 saturated carbocycles. The number of hydrogen-bond donors (Lipinski definition) is 3. The quantitative estimate of drug-likeness (QED) is 0.516. The van der Waals surface area contributed by atoms with E-state index >= 15 is 0 Å². The van der Waals surface area contributed by atoms with E-state index in [0.29, 0.717) is 17.7 Å². The third-order valence-electron chi connectivity index (χ3n) is 2.27. The Balaban J connectivity index is 2.73. The van der Waals surface area contributed by atoms with Crippen LogP contribution >= 0.6 is 0 Å². The van der Waals surface area contributed by atoms with Crippen molar-refractivity contribution >= 4 is 11.8 Å². The van der Waals surface area contributed by atoms with Crippen LogP contribution in [0.4, 0.5) is 0 Å². The highest BCUT2D eigenvalue weighted by Crippen LogP contribution is 2.15. The lowest BCUT2D eigenvalue weighted by Crippen LogP contribution is -2.26. The maximum absolute atomic E-state index is 10.9. The van der Waals surface area contributed by atoms with E-state index in [-0.39, 0.29) is 5.84 Å². The van der Waals surface area contributed by atoms with Crippen LogP contribution < -0.4 is 10.5 Å². The second-order valence-corrected chi connectivity index (χ2v) is 3.67. The predicted octanol–water partition coefficient (Wildman–Crippen LogP) is 1.60. The van der Waals surface area contributed by atoms with E-state index in [4.69, 9.17) is 21.0 Å². The molecule has 1 aromatic rings. The second kappa shape index (κ2) is 5.89. The summed E-state index contributed by atoms with van der Waals surface area (Å²) in [5.74, 6) is -0.529. The van der Waals surface area contributed by atoms with Crippen molar-refractivity contribution in [3.05, 3.63) is 29.8 Å². The van der Waals surface area contributed by atoms with Gasteiger partial charge in [-0.25, -0.2) is 4.79 Å². The highest BCUT2D eigenvalue weighted by molar-refractivity contribution is 5.94. The minimum absolute atomic E-state index is 0.0279. The molecule has 17 heavy (non-hydrogen) atoms. The third kappa shape index (κ3) is 3.79. The van der Waals surface area contributed by atoms with Crippen molar-refractivity contribution in [1.82, 2.24) is 0 Å². The Morgan fingerprint density at radius 1 is 1.47 bits per heavy atom. The number of aliphatic carboxylic acids is 1. The maximum Gasteiger partial charge on any atom is 0.344 e. The van der Waals surface area contributed by atoms with Gasteiger partial charge in [0, 0.05) is 5.56 Å². The van der Waals surface area contributed by atoms with Crippen LogP contribution in [0.25, 0.3) is 0 Å². The van der Waals surface area contributed by atoms with Gasteiger partial charge in [0.2, 0.25) is 0 Å². The van der Waals surface area contributed by atoms with E-state index in [2.05, 4.69) is 0 Å². The molecule has 0 aliphatic rings. The molecule has 0 bridgehead atoms. The number of hydrogen-bond acceptors (Lipinski definition) is 3. The van der Waals surface area contributed by atoms with Gasteiger partial charge in [-0.2, -0.15) is 0 Å². The number of benzene rings is 1. The lowest BCUT2D eigenvalue weighted by atomic mass is 10.2. The molecule has 4 N–H and O–H groups in total. The molecule has 0 radical (unpaired) electrons. The molecule has 0 heterocycles. The molecule has 0 saturated heterocycles. The van der Waals surface area contributed by atoms with Crippen LogP contribution in [0.3, 0.4) is 0 Å². The summed E-state index contributed by atoms with van der Waals surface area (Å²) in [7, 11) is 0. The topological polar surface area (TPSA) is 96.4 Å². The molecule has 0 aromatic heterocycles. The number of ether oxygens (including phenoxy) is 1. The van der Waals surface area contributed by atoms with Crippen LogP contribution in [0, 0.1) is 5.41 Å². The first-order valence-electron chi connectivity index (χ1n) is 5.38. The number of carboxylic acid groups (broad SMARTS) is 1. The summed E-state index contributed by atoms with van der Waals surface area (Å²) in [6.45, 7) is 1.90. The average molecular weight is 236 g/mol. The van der Waals surface area contributed by atoms with Crippen molar-refractivity contribution in [2.75, 3.05) is 0 Å². The summed E-state index contributed by atoms with van der Waals surface area (Å²) in [6.07, 6.45) is 0.370. The molecule has 1 atom stereocenters. The van der Waals surface area contributed by atoms with Crippen molar-refractivity contribution in [1.29, 1.82) is 5.41 Å². The molecule has 5 heteroatoms. The van der Waals surface area contributed by atoms with Crippen LogP contribution in [-0.4, -0.2) is 23.0 Å². The molecule has 0 fully saturated rings. The number of nitrogens with two attached hydrogens (primary N) is 1. The first-order valence-corrected chi connectivity index (χ1v) is 5.38. The first-order chi connectivity index (χ1) is 8.04. The van der Waals surface area contributed by atoms with Crippen LogP contribution in [0.1, 0.15) is 25.3 Å². The first kappa shape index (κ1) is 13.0. The van der Waals surface area contributed by atoms with Crippen molar-refractivity contribution in [3.63, 3.8) is 0 Å². The van der Waals surface area contributed by atoms with Crippen molar-refractivity contribution in [2.45, 2.75) is 25.9 Å². The normalized spacial score (nSPS) is 11.8. The summed E-state index contributed by atoms with van der Waals surface area (Å²) < 4.78 is 5.34. The Kier molecular flexibility index (Phi) is 4.51. The SMILES string of the molecule is CCC[C@@H](Oc1ccc(C(=N)N)cc1)C(=O)O. The van der Waals surface area contributed by atoms with E-state index in [9.17, 15) is 4.79 Å². The zero-order valence-electron chi connectivity index (χ0n) is 9.64. The van der Waals surface area contributed by atoms with Gasteiger partial charge in [-0.3, -0.25) is 5.41 Å². The van der Waals surface area contributed by atoms with Gasteiger partial charge in [-0.1, -0.05) is 13.3 Å². The van der Waals surface area contributed by atoms with E-state index < -0.39 is 12.1 Å². The summed E-state index contributed by atoms with van der Waals surface area (Å²) in [4.78, 5) is 10.9. The lowest BCUT2D eigenvalue weighted by Gasteiger charge is -2.14. The Bertz CT molecular complexity index is 401. The van der Waals surface area contributed by atoms with Gasteiger partial charge in [0.05, 0.1) is 0 Å². The smallest absolute Gasteiger partial charge is 0.344 e. The zero-order valence-corrected chi connectivity index (χ0v) is 9.64. The zero-order chi connectivity index (χ0) is 12.8. The Morgan fingerprint density at radius 2 is 2.06 bits per heavy atom. The van der Waals surface area contributed by atoms with E-state index in [0.717, 1.165) is 6.42 Å². The van der Waals surface area contributed by atoms with Gasteiger partial charge in [-0.05, 0) is 30.7 Å². The summed E-state index contributed by atoms with van der Waals surface area (Å²) in [6, 6.07) is 6.48. The van der Waals surface area contributed by atoms with E-state index in [1.54, 1.807) is 24.3 Å². The fraction of sp³-hybridized carbons (Fsp3) is 0.333. The van der Waals surface area contributed by atoms with Gasteiger partial charge in [0.15, 0.2) is 6.10 Å². The average Bonchev–Trinajstić information content (AvgIpc) is 2.29. The van der Waals surface area contributed by atoms with Crippen LogP contribution in [-0.2, 0) is 4.79 Å². The Hall–Kier alpha value is -2.04. The molecule has 92 valence electrons. The number of nitrogen functional groups attached to an aromatic ring is 1. The number of rotatable bonds is 6. The molecule has 1 rings (SSSR count). The van der Waals surface area contributed by atoms with Gasteiger partial charge in [0.1, 0.15) is 11.6 Å². The fourth-order valence-corrected chi connectivity index (χ4v) is 1.37. The summed E-state index contributed by atoms with van der Waals surface area (Å²) in [5.41, 5.74) is 5.89. The largest absolute Gasteiger partial charge is 0.479 e. The van der Waals surface area contributed by atoms with Crippen LogP contribution in [0.15, 0.2) is 24.3 Å². The van der Waals surface area contributed by atoms with Gasteiger partial charge >= 0.3 is 5.97 Å². The predicted molar refractivity (Wildman–Crippen MR) is 64.4 cm³/mol. The fourth-order valence-electron chi connectivity index (χ4n) is 1.37. The second-order valence-electron chi connectivity index (χ2n) is 3.67. The molecule has 0 unspecified atom stereocenters. The molecule has 0 amide bonds. The highest BCUT2D eigenvalue weighted by atomic mass is 16.5. The van der Waals surface area contributed by atoms with E-state index in [1.165, 1.54) is 0 Å². The Morgan fingerprint density at radius 3 is 2.47 bits per heavy atom. The maximum atomic E-state index is 10.9. The molecule has 0 aliphatic heterocycles. The van der Waals surface area contributed by atoms with Crippen LogP contribution in [0.2, 0.25) is 0 Å². The van der Waals surface area contributed by atoms with Crippen molar-refractivity contribution < 1.29 is 14.6 Å². The minimum atomic E-state index is -0.970. The molecule has 0 aliphatic carbocycles. The van der Waals surface area contributed by atoms with Crippen LogP contribution in [0.5, 0.6) is 5.75 Å². The molecule has 0 spiro atoms. The van der Waals surface area contributed by atoms with Gasteiger partial charge < -0.3 is 15.6 Å². The number of amidine groups is 1. The number of nitrogens with one attached hydrogen (secondary N) is 1. The van der Waals surface area contributed by atoms with Crippen molar-refractivity contribution in [2.24, 2.45) is 5.73 Å². The molecular formula is C12H16N2O3. The van der Waals surface area contributed by atoms with E-state index in [1.807, 2.05) is 6.92 Å². The standard InChI is InChI=1S/C12H16N2O3/c1-2-3-10(12(15)16)17-9-6-4-8(5-7-9)11(13)14/h4-7,10H,2-3H2,1H3,(H3,13,14)(H,15,16)/t10-/m1/s1. The Labute approximate surface area is 99.7 Å².